The summed E-state index contributed by atoms with van der Waals surface area (Å²) in [6.45, 7) is 4.98. The lowest BCUT2D eigenvalue weighted by Gasteiger charge is -2.22. The average molecular weight is 963 g/mol. The molecule has 0 heterocycles. The van der Waals surface area contributed by atoms with Gasteiger partial charge < -0.3 is 20.3 Å². The summed E-state index contributed by atoms with van der Waals surface area (Å²) in [5, 5.41) is 23.4. The van der Waals surface area contributed by atoms with Crippen molar-refractivity contribution in [1.29, 1.82) is 0 Å². The van der Waals surface area contributed by atoms with E-state index in [0.717, 1.165) is 38.5 Å². The van der Waals surface area contributed by atoms with Crippen LogP contribution < -0.4 is 5.32 Å². The summed E-state index contributed by atoms with van der Waals surface area (Å²) in [5.41, 5.74) is 0. The van der Waals surface area contributed by atoms with Crippen molar-refractivity contribution >= 4 is 11.9 Å². The van der Waals surface area contributed by atoms with Crippen molar-refractivity contribution in [1.82, 2.24) is 5.32 Å². The van der Waals surface area contributed by atoms with Crippen molar-refractivity contribution in [3.05, 3.63) is 0 Å². The molecule has 68 heavy (non-hydrogen) atoms. The Morgan fingerprint density at radius 1 is 0.353 bits per heavy atom. The van der Waals surface area contributed by atoms with E-state index < -0.39 is 12.1 Å². The molecule has 6 heteroatoms. The molecule has 0 aromatic rings. The van der Waals surface area contributed by atoms with Crippen LogP contribution in [0.15, 0.2) is 0 Å². The first-order valence-corrected chi connectivity index (χ1v) is 31.3. The number of aliphatic hydroxyl groups is 2. The molecule has 0 spiro atoms. The van der Waals surface area contributed by atoms with Crippen molar-refractivity contribution in [2.75, 3.05) is 13.2 Å². The first-order chi connectivity index (χ1) is 33.5. The van der Waals surface area contributed by atoms with E-state index in [9.17, 15) is 19.8 Å². The Kier molecular flexibility index (Phi) is 57.5. The molecule has 2 atom stereocenters. The van der Waals surface area contributed by atoms with Crippen LogP contribution in [0.2, 0.25) is 0 Å². The Bertz CT molecular complexity index is 975. The average Bonchev–Trinajstić information content (AvgIpc) is 3.34. The minimum Gasteiger partial charge on any atom is -0.466 e. The number of hydrogen-bond acceptors (Lipinski definition) is 5. The maximum absolute atomic E-state index is 12.5. The third-order valence-corrected chi connectivity index (χ3v) is 14.9. The van der Waals surface area contributed by atoms with Crippen LogP contribution in [0.25, 0.3) is 0 Å². The number of aliphatic hydroxyl groups excluding tert-OH is 2. The van der Waals surface area contributed by atoms with Gasteiger partial charge in [-0.3, -0.25) is 9.59 Å². The molecule has 0 saturated carbocycles. The number of esters is 1. The highest BCUT2D eigenvalue weighted by Gasteiger charge is 2.20. The van der Waals surface area contributed by atoms with Crippen molar-refractivity contribution in [2.24, 2.45) is 0 Å². The Morgan fingerprint density at radius 3 is 0.897 bits per heavy atom. The first kappa shape index (κ1) is 66.9. The molecule has 0 aliphatic heterocycles. The molecule has 0 aliphatic rings. The summed E-state index contributed by atoms with van der Waals surface area (Å²) in [5.74, 6) is -0.0262. The van der Waals surface area contributed by atoms with E-state index in [1.165, 1.54) is 289 Å². The normalized spacial score (nSPS) is 12.5. The minimum atomic E-state index is -0.667. The number of amides is 1. The van der Waals surface area contributed by atoms with Crippen LogP contribution in [0.3, 0.4) is 0 Å². The Morgan fingerprint density at radius 2 is 0.603 bits per heavy atom. The molecular weight excluding hydrogens is 839 g/mol. The van der Waals surface area contributed by atoms with Gasteiger partial charge in [0.2, 0.25) is 5.91 Å². The molecule has 0 radical (unpaired) electrons. The van der Waals surface area contributed by atoms with Gasteiger partial charge in [0, 0.05) is 12.8 Å². The predicted molar refractivity (Wildman–Crippen MR) is 297 cm³/mol. The Labute approximate surface area is 426 Å². The van der Waals surface area contributed by atoms with E-state index in [-0.39, 0.29) is 18.5 Å². The molecule has 1 amide bonds. The van der Waals surface area contributed by atoms with Crippen LogP contribution in [0.1, 0.15) is 361 Å². The zero-order valence-electron chi connectivity index (χ0n) is 46.4. The van der Waals surface area contributed by atoms with Gasteiger partial charge in [0.25, 0.3) is 0 Å². The second-order valence-corrected chi connectivity index (χ2v) is 21.8. The second kappa shape index (κ2) is 58.4. The van der Waals surface area contributed by atoms with Crippen molar-refractivity contribution < 1.29 is 24.5 Å². The molecule has 0 bridgehead atoms. The van der Waals surface area contributed by atoms with Crippen LogP contribution in [0.5, 0.6) is 0 Å². The predicted octanol–water partition coefficient (Wildman–Crippen LogP) is 19.5. The minimum absolute atomic E-state index is 0.00963. The Balaban J connectivity index is 3.39. The molecule has 0 saturated heterocycles. The van der Waals surface area contributed by atoms with Crippen molar-refractivity contribution in [3.8, 4) is 0 Å². The fourth-order valence-electron chi connectivity index (χ4n) is 10.1. The lowest BCUT2D eigenvalue weighted by molar-refractivity contribution is -0.143. The summed E-state index contributed by atoms with van der Waals surface area (Å²) < 4.78 is 5.49. The van der Waals surface area contributed by atoms with Gasteiger partial charge in [-0.05, 0) is 25.7 Å². The van der Waals surface area contributed by atoms with Crippen LogP contribution in [-0.4, -0.2) is 47.4 Å². The highest BCUT2D eigenvalue weighted by Crippen LogP contribution is 2.19. The molecule has 0 rings (SSSR count). The molecule has 6 nitrogen and oxygen atoms in total. The lowest BCUT2D eigenvalue weighted by atomic mass is 10.0. The fourth-order valence-corrected chi connectivity index (χ4v) is 10.1. The molecule has 0 fully saturated rings. The summed E-state index contributed by atoms with van der Waals surface area (Å²) >= 11 is 0. The van der Waals surface area contributed by atoms with Gasteiger partial charge in [-0.15, -0.1) is 0 Å². The highest BCUT2D eigenvalue weighted by atomic mass is 16.5. The van der Waals surface area contributed by atoms with Crippen molar-refractivity contribution in [3.63, 3.8) is 0 Å². The second-order valence-electron chi connectivity index (χ2n) is 21.8. The zero-order chi connectivity index (χ0) is 49.3. The fraction of sp³-hybridized carbons (Fsp3) is 0.968. The zero-order valence-corrected chi connectivity index (χ0v) is 46.4. The molecular formula is C62H123NO5. The number of carbonyl (C=O) groups excluding carboxylic acids is 2. The van der Waals surface area contributed by atoms with Gasteiger partial charge in [0.05, 0.1) is 25.4 Å². The highest BCUT2D eigenvalue weighted by molar-refractivity contribution is 5.76. The number of unbranched alkanes of at least 4 members (excludes halogenated alkanes) is 48. The van der Waals surface area contributed by atoms with Crippen LogP contribution in [0.4, 0.5) is 0 Å². The molecule has 2 unspecified atom stereocenters. The third-order valence-electron chi connectivity index (χ3n) is 14.9. The van der Waals surface area contributed by atoms with Crippen LogP contribution in [0, 0.1) is 0 Å². The Hall–Kier alpha value is -1.14. The summed E-state index contributed by atoms with van der Waals surface area (Å²) in [4.78, 5) is 24.6. The lowest BCUT2D eigenvalue weighted by Crippen LogP contribution is -2.45. The van der Waals surface area contributed by atoms with Gasteiger partial charge in [-0.2, -0.15) is 0 Å². The number of hydrogen-bond donors (Lipinski definition) is 3. The van der Waals surface area contributed by atoms with Gasteiger partial charge in [0.15, 0.2) is 0 Å². The topological polar surface area (TPSA) is 95.9 Å². The van der Waals surface area contributed by atoms with E-state index in [4.69, 9.17) is 4.74 Å². The third kappa shape index (κ3) is 54.2. The van der Waals surface area contributed by atoms with E-state index in [2.05, 4.69) is 19.2 Å². The van der Waals surface area contributed by atoms with E-state index in [1.54, 1.807) is 0 Å². The smallest absolute Gasteiger partial charge is 0.305 e. The van der Waals surface area contributed by atoms with Gasteiger partial charge >= 0.3 is 5.97 Å². The van der Waals surface area contributed by atoms with Crippen molar-refractivity contribution in [2.45, 2.75) is 373 Å². The number of carbonyl (C=O) groups is 2. The van der Waals surface area contributed by atoms with Crippen LogP contribution in [-0.2, 0) is 14.3 Å². The van der Waals surface area contributed by atoms with Gasteiger partial charge in [0.1, 0.15) is 0 Å². The quantitative estimate of drug-likeness (QED) is 0.0417. The summed E-state index contributed by atoms with van der Waals surface area (Å²) in [6, 6.07) is -0.545. The van der Waals surface area contributed by atoms with Gasteiger partial charge in [-0.25, -0.2) is 0 Å². The molecule has 0 aromatic heterocycles. The summed E-state index contributed by atoms with van der Waals surface area (Å²) in [7, 11) is 0. The van der Waals surface area contributed by atoms with E-state index in [1.807, 2.05) is 0 Å². The molecule has 0 aliphatic carbocycles. The first-order valence-electron chi connectivity index (χ1n) is 31.3. The number of rotatable bonds is 59. The number of ether oxygens (including phenoxy) is 1. The molecule has 3 N–H and O–H groups in total. The maximum Gasteiger partial charge on any atom is 0.305 e. The molecule has 0 aromatic carbocycles. The van der Waals surface area contributed by atoms with E-state index >= 15 is 0 Å². The number of nitrogens with one attached hydrogen (secondary N) is 1. The standard InChI is InChI=1S/C62H123NO5/c1-3-5-7-9-11-13-15-17-19-20-21-23-27-30-34-38-42-46-50-54-60(65)59(58-64)63-61(66)55-51-47-43-39-35-31-28-24-22-25-29-33-37-41-45-49-53-57-68-62(67)56-52-48-44-40-36-32-26-18-16-14-12-10-8-6-4-2/h59-60,64-65H,3-58H2,1-2H3,(H,63,66). The summed E-state index contributed by atoms with van der Waals surface area (Å²) in [6.07, 6.45) is 68.2. The maximum atomic E-state index is 12.5. The van der Waals surface area contributed by atoms with Gasteiger partial charge in [-0.1, -0.05) is 322 Å². The largest absolute Gasteiger partial charge is 0.466 e. The van der Waals surface area contributed by atoms with E-state index in [0.29, 0.717) is 25.9 Å². The monoisotopic (exact) mass is 962 g/mol. The molecule has 406 valence electrons. The SMILES string of the molecule is CCCCCCCCCCCCCCCCCCCCCC(O)C(CO)NC(=O)CCCCCCCCCCCCCCCCCCCOC(=O)CCCCCCCCCCCCCCCCC. The van der Waals surface area contributed by atoms with Crippen LogP contribution >= 0.6 is 0 Å².